The third kappa shape index (κ3) is 7.60. The summed E-state index contributed by atoms with van der Waals surface area (Å²) >= 11 is 0. The van der Waals surface area contributed by atoms with Crippen LogP contribution in [0.1, 0.15) is 54.6 Å². The molecular weight excluding hydrogens is 418 g/mol. The molecule has 2 aromatic rings. The normalized spacial score (nSPS) is 11.1. The molecule has 0 spiro atoms. The largest absolute Gasteiger partial charge is 0.483 e. The number of carbonyl (C=O) groups is 2. The summed E-state index contributed by atoms with van der Waals surface area (Å²) < 4.78 is 31.8. The van der Waals surface area contributed by atoms with Gasteiger partial charge in [-0.2, -0.15) is 0 Å². The number of hydrogen-bond acceptors (Lipinski definition) is 5. The van der Waals surface area contributed by atoms with E-state index in [1.54, 1.807) is 19.1 Å². The maximum absolute atomic E-state index is 12.3. The van der Waals surface area contributed by atoms with Crippen LogP contribution >= 0.6 is 0 Å². The SMILES string of the molecule is CCCS(=O)(=O)Nc1cccc(C(=O)NNC(=O)COc2cc(C)ccc2C(C)C)c1. The molecule has 0 atom stereocenters. The zero-order valence-corrected chi connectivity index (χ0v) is 19.0. The molecule has 0 aliphatic carbocycles. The molecule has 2 aromatic carbocycles. The summed E-state index contributed by atoms with van der Waals surface area (Å²) in [5, 5.41) is 0. The second-order valence-corrected chi connectivity index (χ2v) is 9.33. The Morgan fingerprint density at radius 2 is 1.81 bits per heavy atom. The van der Waals surface area contributed by atoms with E-state index < -0.39 is 21.8 Å². The number of hydrogen-bond donors (Lipinski definition) is 3. The van der Waals surface area contributed by atoms with Gasteiger partial charge in [0.05, 0.1) is 5.75 Å². The number of amides is 2. The van der Waals surface area contributed by atoms with Gasteiger partial charge in [0.25, 0.3) is 11.8 Å². The molecule has 168 valence electrons. The van der Waals surface area contributed by atoms with E-state index in [4.69, 9.17) is 4.74 Å². The lowest BCUT2D eigenvalue weighted by Gasteiger charge is -2.15. The lowest BCUT2D eigenvalue weighted by atomic mass is 10.0. The standard InChI is InChI=1S/C22H29N3O5S/c1-5-11-31(28,29)25-18-8-6-7-17(13-18)22(27)24-23-21(26)14-30-20-12-16(4)9-10-19(20)15(2)3/h6-10,12-13,15,25H,5,11,14H2,1-4H3,(H,23,26)(H,24,27). The van der Waals surface area contributed by atoms with Crippen molar-refractivity contribution in [3.63, 3.8) is 0 Å². The van der Waals surface area contributed by atoms with Gasteiger partial charge in [0, 0.05) is 11.3 Å². The van der Waals surface area contributed by atoms with E-state index in [0.717, 1.165) is 11.1 Å². The summed E-state index contributed by atoms with van der Waals surface area (Å²) in [5.41, 5.74) is 7.08. The van der Waals surface area contributed by atoms with Gasteiger partial charge in [-0.15, -0.1) is 0 Å². The second-order valence-electron chi connectivity index (χ2n) is 7.49. The van der Waals surface area contributed by atoms with E-state index in [1.165, 1.54) is 12.1 Å². The summed E-state index contributed by atoms with van der Waals surface area (Å²) in [6.45, 7) is 7.51. The summed E-state index contributed by atoms with van der Waals surface area (Å²) in [5.74, 6) is -0.254. The molecule has 0 radical (unpaired) electrons. The molecule has 0 aromatic heterocycles. The third-order valence-corrected chi connectivity index (χ3v) is 5.83. The molecule has 0 fully saturated rings. The van der Waals surface area contributed by atoms with Crippen molar-refractivity contribution in [3.8, 4) is 5.75 Å². The minimum Gasteiger partial charge on any atom is -0.483 e. The molecule has 9 heteroatoms. The Hall–Kier alpha value is -3.07. The van der Waals surface area contributed by atoms with Gasteiger partial charge in [0.2, 0.25) is 10.0 Å². The highest BCUT2D eigenvalue weighted by atomic mass is 32.2. The van der Waals surface area contributed by atoms with Crippen molar-refractivity contribution in [1.29, 1.82) is 0 Å². The number of sulfonamides is 1. The van der Waals surface area contributed by atoms with Gasteiger partial charge < -0.3 is 4.74 Å². The summed E-state index contributed by atoms with van der Waals surface area (Å²) in [4.78, 5) is 24.4. The lowest BCUT2D eigenvalue weighted by molar-refractivity contribution is -0.123. The molecular formula is C22H29N3O5S. The number of anilines is 1. The van der Waals surface area contributed by atoms with E-state index >= 15 is 0 Å². The van der Waals surface area contributed by atoms with Crippen LogP contribution in [0.4, 0.5) is 5.69 Å². The molecule has 0 saturated carbocycles. The van der Waals surface area contributed by atoms with Crippen molar-refractivity contribution >= 4 is 27.5 Å². The van der Waals surface area contributed by atoms with Crippen LogP contribution in [0.5, 0.6) is 5.75 Å². The van der Waals surface area contributed by atoms with Crippen LogP contribution in [-0.4, -0.2) is 32.6 Å². The minimum absolute atomic E-state index is 0.0149. The van der Waals surface area contributed by atoms with Crippen LogP contribution in [0.3, 0.4) is 0 Å². The van der Waals surface area contributed by atoms with Crippen molar-refractivity contribution in [2.75, 3.05) is 17.1 Å². The van der Waals surface area contributed by atoms with E-state index in [-0.39, 0.29) is 29.5 Å². The summed E-state index contributed by atoms with van der Waals surface area (Å²) in [6, 6.07) is 11.8. The molecule has 31 heavy (non-hydrogen) atoms. The minimum atomic E-state index is -3.47. The fraction of sp³-hybridized carbons (Fsp3) is 0.364. The Morgan fingerprint density at radius 3 is 2.48 bits per heavy atom. The molecule has 0 saturated heterocycles. The molecule has 2 amide bonds. The average molecular weight is 448 g/mol. The van der Waals surface area contributed by atoms with Crippen LogP contribution in [0.2, 0.25) is 0 Å². The number of benzene rings is 2. The highest BCUT2D eigenvalue weighted by Crippen LogP contribution is 2.27. The number of ether oxygens (including phenoxy) is 1. The van der Waals surface area contributed by atoms with Crippen LogP contribution in [0.15, 0.2) is 42.5 Å². The van der Waals surface area contributed by atoms with Gasteiger partial charge in [-0.1, -0.05) is 39.0 Å². The molecule has 0 aliphatic heterocycles. The molecule has 0 aliphatic rings. The van der Waals surface area contributed by atoms with Crippen LogP contribution in [-0.2, 0) is 14.8 Å². The first-order chi connectivity index (χ1) is 14.6. The molecule has 8 nitrogen and oxygen atoms in total. The van der Waals surface area contributed by atoms with Crippen LogP contribution < -0.4 is 20.3 Å². The molecule has 0 unspecified atom stereocenters. The number of rotatable bonds is 9. The predicted octanol–water partition coefficient (Wildman–Crippen LogP) is 3.11. The first kappa shape index (κ1) is 24.2. The lowest BCUT2D eigenvalue weighted by Crippen LogP contribution is -2.43. The van der Waals surface area contributed by atoms with Crippen molar-refractivity contribution in [3.05, 3.63) is 59.2 Å². The molecule has 2 rings (SSSR count). The van der Waals surface area contributed by atoms with Gasteiger partial charge >= 0.3 is 0 Å². The first-order valence-electron chi connectivity index (χ1n) is 10.0. The van der Waals surface area contributed by atoms with Crippen molar-refractivity contribution in [2.45, 2.75) is 40.0 Å². The average Bonchev–Trinajstić information content (AvgIpc) is 2.70. The molecule has 0 bridgehead atoms. The summed E-state index contributed by atoms with van der Waals surface area (Å²) in [6.07, 6.45) is 0.477. The predicted molar refractivity (Wildman–Crippen MR) is 121 cm³/mol. The highest BCUT2D eigenvalue weighted by molar-refractivity contribution is 7.92. The van der Waals surface area contributed by atoms with Crippen LogP contribution in [0, 0.1) is 6.92 Å². The summed E-state index contributed by atoms with van der Waals surface area (Å²) in [7, 11) is -3.47. The Kier molecular flexibility index (Phi) is 8.44. The highest BCUT2D eigenvalue weighted by Gasteiger charge is 2.13. The van der Waals surface area contributed by atoms with Gasteiger partial charge in [0.1, 0.15) is 5.75 Å². The molecule has 0 heterocycles. The van der Waals surface area contributed by atoms with Crippen molar-refractivity contribution in [1.82, 2.24) is 10.9 Å². The monoisotopic (exact) mass is 447 g/mol. The number of aryl methyl sites for hydroxylation is 1. The van der Waals surface area contributed by atoms with E-state index in [2.05, 4.69) is 15.6 Å². The Balaban J connectivity index is 1.92. The number of carbonyl (C=O) groups excluding carboxylic acids is 2. The van der Waals surface area contributed by atoms with Gasteiger partial charge in [-0.25, -0.2) is 8.42 Å². The second kappa shape index (κ2) is 10.8. The fourth-order valence-electron chi connectivity index (χ4n) is 2.84. The third-order valence-electron chi connectivity index (χ3n) is 4.34. The van der Waals surface area contributed by atoms with Gasteiger partial charge in [-0.05, 0) is 54.7 Å². The number of hydrazine groups is 1. The smallest absolute Gasteiger partial charge is 0.276 e. The Labute approximate surface area is 183 Å². The maximum atomic E-state index is 12.3. The van der Waals surface area contributed by atoms with E-state index in [0.29, 0.717) is 12.2 Å². The van der Waals surface area contributed by atoms with Gasteiger partial charge in [0.15, 0.2) is 6.61 Å². The van der Waals surface area contributed by atoms with E-state index in [9.17, 15) is 18.0 Å². The zero-order valence-electron chi connectivity index (χ0n) is 18.2. The number of nitrogens with one attached hydrogen (secondary N) is 3. The maximum Gasteiger partial charge on any atom is 0.276 e. The van der Waals surface area contributed by atoms with E-state index in [1.807, 2.05) is 39.0 Å². The quantitative estimate of drug-likeness (QED) is 0.511. The Bertz CT molecular complexity index is 1040. The van der Waals surface area contributed by atoms with Crippen molar-refractivity contribution in [2.24, 2.45) is 0 Å². The molecule has 3 N–H and O–H groups in total. The van der Waals surface area contributed by atoms with Crippen molar-refractivity contribution < 1.29 is 22.7 Å². The topological polar surface area (TPSA) is 114 Å². The zero-order chi connectivity index (χ0) is 23.0. The van der Waals surface area contributed by atoms with Crippen LogP contribution in [0.25, 0.3) is 0 Å². The first-order valence-corrected chi connectivity index (χ1v) is 11.7. The fourth-order valence-corrected chi connectivity index (χ4v) is 3.97. The van der Waals surface area contributed by atoms with Gasteiger partial charge in [-0.3, -0.25) is 25.2 Å². The Morgan fingerprint density at radius 1 is 1.06 bits per heavy atom.